The Morgan fingerprint density at radius 2 is 0.556 bits per heavy atom. The number of aliphatic hydroxyl groups excluding tert-OH is 2. The molecular weight excluding hydrogens is 1100 g/mol. The van der Waals surface area contributed by atoms with Gasteiger partial charge < -0.3 is 20.3 Å². The first kappa shape index (κ1) is 88.1. The van der Waals surface area contributed by atoms with E-state index in [1.165, 1.54) is 392 Å². The van der Waals surface area contributed by atoms with Gasteiger partial charge in [0.1, 0.15) is 0 Å². The van der Waals surface area contributed by atoms with Crippen molar-refractivity contribution in [3.63, 3.8) is 0 Å². The van der Waals surface area contributed by atoms with Gasteiger partial charge in [0.05, 0.1) is 25.4 Å². The maximum absolute atomic E-state index is 12.5. The van der Waals surface area contributed by atoms with E-state index in [0.717, 1.165) is 44.9 Å². The van der Waals surface area contributed by atoms with Crippen molar-refractivity contribution in [1.29, 1.82) is 0 Å². The molecule has 90 heavy (non-hydrogen) atoms. The van der Waals surface area contributed by atoms with Crippen LogP contribution in [-0.4, -0.2) is 47.4 Å². The molecule has 2 atom stereocenters. The Hall–Kier alpha value is -1.92. The number of hydrogen-bond donors (Lipinski definition) is 3. The number of esters is 1. The molecule has 0 spiro atoms. The summed E-state index contributed by atoms with van der Waals surface area (Å²) in [6.45, 7) is 4.96. The maximum Gasteiger partial charge on any atom is 0.305 e. The molecule has 0 saturated heterocycles. The van der Waals surface area contributed by atoms with Crippen molar-refractivity contribution < 1.29 is 24.5 Å². The van der Waals surface area contributed by atoms with E-state index < -0.39 is 12.1 Å². The highest BCUT2D eigenvalue weighted by atomic mass is 16.5. The van der Waals surface area contributed by atoms with Crippen molar-refractivity contribution in [2.45, 2.75) is 475 Å². The lowest BCUT2D eigenvalue weighted by Crippen LogP contribution is -2.45. The summed E-state index contributed by atoms with van der Waals surface area (Å²) in [5.41, 5.74) is 0. The Kier molecular flexibility index (Phi) is 77.8. The highest BCUT2D eigenvalue weighted by Gasteiger charge is 2.18. The van der Waals surface area contributed by atoms with E-state index >= 15 is 0 Å². The van der Waals surface area contributed by atoms with Gasteiger partial charge in [0.2, 0.25) is 5.91 Å². The topological polar surface area (TPSA) is 95.9 Å². The lowest BCUT2D eigenvalue weighted by molar-refractivity contribution is -0.143. The first-order valence-electron chi connectivity index (χ1n) is 41.3. The predicted octanol–water partition coefficient (Wildman–Crippen LogP) is 27.4. The van der Waals surface area contributed by atoms with Crippen LogP contribution in [0.2, 0.25) is 0 Å². The lowest BCUT2D eigenvalue weighted by atomic mass is 10.0. The standard InChI is InChI=1S/C84H161NO5/c1-3-5-7-9-11-13-15-17-19-20-21-39-42-45-49-52-56-60-64-68-72-76-82(87)81(80-86)85-83(88)77-73-69-65-61-57-53-50-46-43-40-37-35-33-31-29-27-25-23-22-24-26-28-30-32-34-36-38-41-44-47-51-55-59-63-67-71-75-79-90-84(89)78-74-70-66-62-58-54-48-18-16-14-12-10-8-6-4-2/h22,24,28,30,72,76,81-82,86-87H,3-21,23,25-27,29,31-71,73-75,77-80H2,1-2H3,(H,85,88)/b24-22-,30-28-,76-72+. The zero-order chi connectivity index (χ0) is 64.9. The van der Waals surface area contributed by atoms with Crippen LogP contribution in [-0.2, 0) is 14.3 Å². The zero-order valence-corrected chi connectivity index (χ0v) is 61.1. The first-order chi connectivity index (χ1) is 44.5. The fraction of sp³-hybridized carbons (Fsp3) is 0.905. The molecule has 0 radical (unpaired) electrons. The number of allylic oxidation sites excluding steroid dienone is 5. The Balaban J connectivity index is 3.38. The van der Waals surface area contributed by atoms with Crippen molar-refractivity contribution in [3.8, 4) is 0 Å². The molecular formula is C84H161NO5. The number of unbranched alkanes of at least 4 members (excludes halogenated alkanes) is 63. The predicted molar refractivity (Wildman–Crippen MR) is 398 cm³/mol. The fourth-order valence-electron chi connectivity index (χ4n) is 13.1. The number of nitrogens with one attached hydrogen (secondary N) is 1. The number of carbonyl (C=O) groups excluding carboxylic acids is 2. The third kappa shape index (κ3) is 75.1. The normalized spacial score (nSPS) is 12.6. The van der Waals surface area contributed by atoms with E-state index in [0.29, 0.717) is 19.4 Å². The van der Waals surface area contributed by atoms with Gasteiger partial charge in [0.25, 0.3) is 0 Å². The van der Waals surface area contributed by atoms with Crippen molar-refractivity contribution >= 4 is 11.9 Å². The number of hydrogen-bond acceptors (Lipinski definition) is 5. The molecule has 0 aliphatic carbocycles. The summed E-state index contributed by atoms with van der Waals surface area (Å²) in [5.74, 6) is -0.0383. The largest absolute Gasteiger partial charge is 0.466 e. The molecule has 0 rings (SSSR count). The fourth-order valence-corrected chi connectivity index (χ4v) is 13.1. The summed E-state index contributed by atoms with van der Waals surface area (Å²) < 4.78 is 5.51. The molecule has 0 aromatic heterocycles. The summed E-state index contributed by atoms with van der Waals surface area (Å²) in [7, 11) is 0. The molecule has 6 nitrogen and oxygen atoms in total. The van der Waals surface area contributed by atoms with E-state index in [1.54, 1.807) is 6.08 Å². The van der Waals surface area contributed by atoms with Crippen molar-refractivity contribution in [2.75, 3.05) is 13.2 Å². The smallest absolute Gasteiger partial charge is 0.305 e. The van der Waals surface area contributed by atoms with Gasteiger partial charge in [0, 0.05) is 12.8 Å². The molecule has 0 saturated carbocycles. The molecule has 2 unspecified atom stereocenters. The second-order valence-corrected chi connectivity index (χ2v) is 28.5. The average Bonchev–Trinajstić information content (AvgIpc) is 3.60. The number of ether oxygens (including phenoxy) is 1. The van der Waals surface area contributed by atoms with Gasteiger partial charge in [-0.3, -0.25) is 9.59 Å². The van der Waals surface area contributed by atoms with Crippen LogP contribution in [0.3, 0.4) is 0 Å². The molecule has 0 heterocycles. The average molecular weight is 1270 g/mol. The molecule has 0 fully saturated rings. The molecule has 0 aromatic rings. The number of carbonyl (C=O) groups is 2. The van der Waals surface area contributed by atoms with Gasteiger partial charge in [-0.1, -0.05) is 423 Å². The quantitative estimate of drug-likeness (QED) is 0.0320. The molecule has 1 amide bonds. The first-order valence-corrected chi connectivity index (χ1v) is 41.3. The monoisotopic (exact) mass is 1260 g/mol. The van der Waals surface area contributed by atoms with Crippen LogP contribution in [0, 0.1) is 0 Å². The molecule has 3 N–H and O–H groups in total. The van der Waals surface area contributed by atoms with Crippen LogP contribution in [0.1, 0.15) is 463 Å². The molecule has 0 bridgehead atoms. The summed E-state index contributed by atoms with van der Waals surface area (Å²) in [5, 5.41) is 23.3. The van der Waals surface area contributed by atoms with Crippen LogP contribution in [0.4, 0.5) is 0 Å². The Bertz CT molecular complexity index is 1460. The lowest BCUT2D eigenvalue weighted by Gasteiger charge is -2.20. The van der Waals surface area contributed by atoms with E-state index in [4.69, 9.17) is 4.74 Å². The van der Waals surface area contributed by atoms with Crippen molar-refractivity contribution in [1.82, 2.24) is 5.32 Å². The van der Waals surface area contributed by atoms with E-state index in [9.17, 15) is 19.8 Å². The van der Waals surface area contributed by atoms with Crippen LogP contribution >= 0.6 is 0 Å². The highest BCUT2D eigenvalue weighted by Crippen LogP contribution is 2.20. The molecule has 6 heteroatoms. The summed E-state index contributed by atoms with van der Waals surface area (Å²) in [6.07, 6.45) is 104. The van der Waals surface area contributed by atoms with Crippen molar-refractivity contribution in [2.24, 2.45) is 0 Å². The zero-order valence-electron chi connectivity index (χ0n) is 61.1. The minimum Gasteiger partial charge on any atom is -0.466 e. The summed E-state index contributed by atoms with van der Waals surface area (Å²) in [4.78, 5) is 24.6. The number of aliphatic hydroxyl groups is 2. The van der Waals surface area contributed by atoms with E-state index in [2.05, 4.69) is 43.5 Å². The minimum atomic E-state index is -0.844. The van der Waals surface area contributed by atoms with Crippen molar-refractivity contribution in [3.05, 3.63) is 36.5 Å². The Morgan fingerprint density at radius 1 is 0.311 bits per heavy atom. The molecule has 0 aliphatic heterocycles. The number of rotatable bonds is 78. The van der Waals surface area contributed by atoms with E-state index in [1.807, 2.05) is 6.08 Å². The van der Waals surface area contributed by atoms with Gasteiger partial charge in [-0.25, -0.2) is 0 Å². The Labute approximate surface area is 564 Å². The van der Waals surface area contributed by atoms with Gasteiger partial charge in [-0.05, 0) is 64.2 Å². The minimum absolute atomic E-state index is 0.0223. The molecule has 0 aromatic carbocycles. The van der Waals surface area contributed by atoms with Crippen LogP contribution in [0.5, 0.6) is 0 Å². The Morgan fingerprint density at radius 3 is 0.844 bits per heavy atom. The second kappa shape index (κ2) is 79.5. The summed E-state index contributed by atoms with van der Waals surface area (Å²) >= 11 is 0. The SMILES string of the molecule is CCCCCCCCCCCCCCCCCCCCC/C=C/C(O)C(CO)NC(=O)CCCCCCCCCCCCCCCCCCC/C=C\C/C=C\CCCCCCCCCCCCCCCOC(=O)CCCCCCCCCCCCCCCCC. The van der Waals surface area contributed by atoms with Gasteiger partial charge >= 0.3 is 5.97 Å². The third-order valence-corrected chi connectivity index (χ3v) is 19.4. The second-order valence-electron chi connectivity index (χ2n) is 28.5. The maximum atomic E-state index is 12.5. The summed E-state index contributed by atoms with van der Waals surface area (Å²) in [6, 6.07) is -0.627. The molecule has 532 valence electrons. The highest BCUT2D eigenvalue weighted by molar-refractivity contribution is 5.76. The van der Waals surface area contributed by atoms with Gasteiger partial charge in [-0.2, -0.15) is 0 Å². The number of amides is 1. The van der Waals surface area contributed by atoms with Crippen LogP contribution in [0.25, 0.3) is 0 Å². The molecule has 0 aliphatic rings. The van der Waals surface area contributed by atoms with Crippen LogP contribution < -0.4 is 5.32 Å². The van der Waals surface area contributed by atoms with E-state index in [-0.39, 0.29) is 18.5 Å². The third-order valence-electron chi connectivity index (χ3n) is 19.4. The van der Waals surface area contributed by atoms with Gasteiger partial charge in [0.15, 0.2) is 0 Å². The van der Waals surface area contributed by atoms with Gasteiger partial charge in [-0.15, -0.1) is 0 Å². The van der Waals surface area contributed by atoms with Crippen LogP contribution in [0.15, 0.2) is 36.5 Å².